The van der Waals surface area contributed by atoms with E-state index >= 15 is 0 Å². The van der Waals surface area contributed by atoms with Gasteiger partial charge in [0.25, 0.3) is 0 Å². The predicted octanol–water partition coefficient (Wildman–Crippen LogP) is 8.08. The molecule has 1 heterocycles. The Balaban J connectivity index is 0.000000696. The Hall–Kier alpha value is -2.38. The fraction of sp³-hybridized carbons (Fsp3) is 0.581. The van der Waals surface area contributed by atoms with Crippen LogP contribution in [-0.2, 0) is 11.2 Å². The number of H-pyrrole nitrogens is 1. The van der Waals surface area contributed by atoms with Crippen LogP contribution in [0.15, 0.2) is 46.7 Å². The molecule has 0 bridgehead atoms. The summed E-state index contributed by atoms with van der Waals surface area (Å²) in [6, 6.07) is 6.50. The molecular weight excluding hydrogens is 490 g/mol. The second-order valence-electron chi connectivity index (χ2n) is 10.1. The first kappa shape index (κ1) is 33.6. The molecule has 3 rings (SSSR count). The molecule has 0 unspecified atom stereocenters. The van der Waals surface area contributed by atoms with Gasteiger partial charge < -0.3 is 10.7 Å². The van der Waals surface area contributed by atoms with Gasteiger partial charge in [-0.25, -0.2) is 4.98 Å². The molecule has 0 spiro atoms. The van der Waals surface area contributed by atoms with Gasteiger partial charge in [0.1, 0.15) is 5.82 Å². The smallest absolute Gasteiger partial charge is 0.217 e. The van der Waals surface area contributed by atoms with E-state index in [1.54, 1.807) is 6.20 Å². The Morgan fingerprint density at radius 1 is 1.24 bits per heavy atom. The molecule has 1 aromatic heterocycles. The molecule has 1 aliphatic carbocycles. The van der Waals surface area contributed by atoms with E-state index in [1.807, 2.05) is 33.9 Å². The largest absolute Gasteiger partial charge is 0.370 e. The van der Waals surface area contributed by atoms with Crippen LogP contribution in [0.5, 0.6) is 0 Å². The number of nitrogens with two attached hydrogens (primary N) is 2. The maximum atomic E-state index is 10.0. The van der Waals surface area contributed by atoms with Crippen molar-refractivity contribution in [1.82, 2.24) is 9.97 Å². The van der Waals surface area contributed by atoms with E-state index in [4.69, 9.17) is 15.9 Å². The number of allylic oxidation sites excluding steroid dienone is 1. The van der Waals surface area contributed by atoms with E-state index in [0.29, 0.717) is 18.3 Å². The summed E-state index contributed by atoms with van der Waals surface area (Å²) in [5, 5.41) is 6.00. The standard InChI is InChI=1S/C24H34N4S.C5H11NO.C2H6/c1-3-4-10-22(20-8-6-5-7-9-20)28-17-18(2)21-12-11-19(15-23(21)29-25)16-24-26-13-14-27-24;1-4(2)3-5(6)7;1-2/h11-15,17,20H,3-10,16,25H2,1-2H3,(H,26,27);4H,3H2,1-2H3,(H2,6,7);1-2H3/b18-17+,28-22?;;. The fourth-order valence-electron chi connectivity index (χ4n) is 4.51. The average Bonchev–Trinajstić information content (AvgIpc) is 3.43. The molecule has 1 aromatic carbocycles. The van der Waals surface area contributed by atoms with Gasteiger partial charge >= 0.3 is 0 Å². The zero-order valence-corrected chi connectivity index (χ0v) is 25.4. The molecule has 0 radical (unpaired) electrons. The summed E-state index contributed by atoms with van der Waals surface area (Å²) in [5.74, 6) is 1.83. The Bertz CT molecular complexity index is 976. The Kier molecular flexibility index (Phi) is 17.4. The predicted molar refractivity (Wildman–Crippen MR) is 165 cm³/mol. The first-order valence-corrected chi connectivity index (χ1v) is 15.2. The zero-order valence-electron chi connectivity index (χ0n) is 24.6. The lowest BCUT2D eigenvalue weighted by Gasteiger charge is -2.23. The summed E-state index contributed by atoms with van der Waals surface area (Å²) in [7, 11) is 0. The summed E-state index contributed by atoms with van der Waals surface area (Å²) < 4.78 is 0. The van der Waals surface area contributed by atoms with Crippen LogP contribution in [0.1, 0.15) is 116 Å². The molecule has 0 saturated heterocycles. The van der Waals surface area contributed by atoms with Crippen molar-refractivity contribution in [2.75, 3.05) is 0 Å². The second kappa shape index (κ2) is 19.7. The van der Waals surface area contributed by atoms with Crippen LogP contribution >= 0.6 is 11.9 Å². The van der Waals surface area contributed by atoms with Crippen LogP contribution < -0.4 is 10.9 Å². The minimum Gasteiger partial charge on any atom is -0.370 e. The van der Waals surface area contributed by atoms with Crippen LogP contribution in [0.2, 0.25) is 0 Å². The van der Waals surface area contributed by atoms with Gasteiger partial charge in [-0.1, -0.05) is 72.4 Å². The number of unbranched alkanes of at least 4 members (excludes halogenated alkanes) is 1. The monoisotopic (exact) mass is 541 g/mol. The van der Waals surface area contributed by atoms with Crippen molar-refractivity contribution in [1.29, 1.82) is 0 Å². The fourth-order valence-corrected chi connectivity index (χ4v) is 5.08. The van der Waals surface area contributed by atoms with Crippen LogP contribution in [0.25, 0.3) is 5.57 Å². The number of primary amides is 1. The molecule has 2 aromatic rings. The van der Waals surface area contributed by atoms with Gasteiger partial charge in [-0.3, -0.25) is 14.9 Å². The second-order valence-corrected chi connectivity index (χ2v) is 10.8. The van der Waals surface area contributed by atoms with Gasteiger partial charge in [0.2, 0.25) is 5.91 Å². The van der Waals surface area contributed by atoms with Gasteiger partial charge in [0.05, 0.1) is 0 Å². The third-order valence-corrected chi connectivity index (χ3v) is 7.01. The topological polar surface area (TPSA) is 110 Å². The first-order chi connectivity index (χ1) is 18.3. The van der Waals surface area contributed by atoms with Crippen LogP contribution in [-0.4, -0.2) is 21.6 Å². The molecule has 0 aliphatic heterocycles. The number of carbonyl (C=O) groups excluding carboxylic acids is 1. The zero-order chi connectivity index (χ0) is 28.3. The molecule has 0 atom stereocenters. The first-order valence-electron chi connectivity index (χ1n) is 14.3. The molecule has 1 aliphatic rings. The highest BCUT2D eigenvalue weighted by atomic mass is 32.2. The normalized spacial score (nSPS) is 14.4. The lowest BCUT2D eigenvalue weighted by molar-refractivity contribution is -0.118. The van der Waals surface area contributed by atoms with Gasteiger partial charge in [0.15, 0.2) is 0 Å². The van der Waals surface area contributed by atoms with E-state index in [-0.39, 0.29) is 5.91 Å². The Morgan fingerprint density at radius 2 is 1.95 bits per heavy atom. The highest BCUT2D eigenvalue weighted by Crippen LogP contribution is 2.29. The van der Waals surface area contributed by atoms with Gasteiger partial charge in [-0.15, -0.1) is 0 Å². The molecule has 7 heteroatoms. The number of aliphatic imine (C=N–C) groups is 1. The minimum atomic E-state index is -0.213. The number of imidazole rings is 1. The highest BCUT2D eigenvalue weighted by Gasteiger charge is 2.18. The molecule has 1 amide bonds. The quantitative estimate of drug-likeness (QED) is 0.197. The molecule has 38 heavy (non-hydrogen) atoms. The summed E-state index contributed by atoms with van der Waals surface area (Å²) in [6.45, 7) is 12.3. The summed E-state index contributed by atoms with van der Waals surface area (Å²) in [6.07, 6.45) is 17.3. The van der Waals surface area contributed by atoms with E-state index in [9.17, 15) is 4.79 Å². The number of hydrogen-bond acceptors (Lipinski definition) is 5. The van der Waals surface area contributed by atoms with Crippen molar-refractivity contribution in [3.63, 3.8) is 0 Å². The van der Waals surface area contributed by atoms with E-state index < -0.39 is 0 Å². The third-order valence-electron chi connectivity index (χ3n) is 6.42. The summed E-state index contributed by atoms with van der Waals surface area (Å²) in [4.78, 5) is 23.6. The van der Waals surface area contributed by atoms with E-state index in [1.165, 1.54) is 79.3 Å². The lowest BCUT2D eigenvalue weighted by atomic mass is 9.84. The van der Waals surface area contributed by atoms with Gasteiger partial charge in [-0.2, -0.15) is 0 Å². The number of nitrogens with zero attached hydrogens (tertiary/aromatic N) is 2. The summed E-state index contributed by atoms with van der Waals surface area (Å²) in [5.41, 5.74) is 9.81. The van der Waals surface area contributed by atoms with Crippen LogP contribution in [0.3, 0.4) is 0 Å². The number of carbonyl (C=O) groups is 1. The average molecular weight is 542 g/mol. The van der Waals surface area contributed by atoms with Crippen molar-refractivity contribution in [3.05, 3.63) is 53.7 Å². The van der Waals surface area contributed by atoms with E-state index in [2.05, 4.69) is 48.2 Å². The minimum absolute atomic E-state index is 0.213. The molecule has 5 N–H and O–H groups in total. The number of amides is 1. The maximum absolute atomic E-state index is 10.0. The SMILES string of the molecule is CC.CC(C)CC(N)=O.CCCCC(=N/C=C(\C)c1ccc(Cc2ncc[nH]2)cc1SN)C1CCCCC1. The summed E-state index contributed by atoms with van der Waals surface area (Å²) >= 11 is 1.31. The van der Waals surface area contributed by atoms with Crippen molar-refractivity contribution in [2.45, 2.75) is 111 Å². The van der Waals surface area contributed by atoms with Crippen molar-refractivity contribution >= 4 is 29.1 Å². The number of aromatic nitrogens is 2. The molecule has 1 saturated carbocycles. The van der Waals surface area contributed by atoms with Crippen molar-refractivity contribution in [3.8, 4) is 0 Å². The van der Waals surface area contributed by atoms with Crippen molar-refractivity contribution < 1.29 is 4.79 Å². The number of rotatable bonds is 11. The number of aromatic amines is 1. The number of hydrogen-bond donors (Lipinski definition) is 3. The van der Waals surface area contributed by atoms with Crippen molar-refractivity contribution in [2.24, 2.45) is 27.7 Å². The van der Waals surface area contributed by atoms with Gasteiger partial charge in [-0.05, 0) is 79.2 Å². The van der Waals surface area contributed by atoms with Gasteiger partial charge in [0, 0.05) is 42.0 Å². The number of benzene rings is 1. The highest BCUT2D eigenvalue weighted by molar-refractivity contribution is 7.97. The molecule has 1 fully saturated rings. The lowest BCUT2D eigenvalue weighted by Crippen LogP contribution is -2.17. The maximum Gasteiger partial charge on any atom is 0.217 e. The van der Waals surface area contributed by atoms with Crippen LogP contribution in [0.4, 0.5) is 0 Å². The third kappa shape index (κ3) is 12.9. The Labute approximate surface area is 235 Å². The van der Waals surface area contributed by atoms with Crippen LogP contribution in [0, 0.1) is 11.8 Å². The number of nitrogens with one attached hydrogen (secondary N) is 1. The molecule has 6 nitrogen and oxygen atoms in total. The van der Waals surface area contributed by atoms with E-state index in [0.717, 1.165) is 23.6 Å². The molecular formula is C31H51N5OS. The Morgan fingerprint density at radius 3 is 2.47 bits per heavy atom. The molecule has 212 valence electrons.